The predicted molar refractivity (Wildman–Crippen MR) is 75.8 cm³/mol. The first-order chi connectivity index (χ1) is 10.1. The Bertz CT molecular complexity index is 629. The molecule has 0 bridgehead atoms. The van der Waals surface area contributed by atoms with Crippen LogP contribution >= 0.6 is 11.8 Å². The number of carbonyl (C=O) groups is 1. The van der Waals surface area contributed by atoms with Gasteiger partial charge in [0.1, 0.15) is 0 Å². The number of methoxy groups -OCH3 is 2. The summed E-state index contributed by atoms with van der Waals surface area (Å²) in [6.45, 7) is 0. The van der Waals surface area contributed by atoms with Crippen molar-refractivity contribution < 1.29 is 23.8 Å². The monoisotopic (exact) mass is 310 g/mol. The third kappa shape index (κ3) is 3.88. The van der Waals surface area contributed by atoms with E-state index < -0.39 is 5.97 Å². The minimum atomic E-state index is -0.859. The van der Waals surface area contributed by atoms with Crippen LogP contribution in [0.3, 0.4) is 0 Å². The van der Waals surface area contributed by atoms with Crippen LogP contribution in [-0.2, 0) is 4.79 Å². The number of benzene rings is 1. The predicted octanol–water partition coefficient (Wildman–Crippen LogP) is 2.32. The van der Waals surface area contributed by atoms with Crippen LogP contribution in [0.2, 0.25) is 0 Å². The summed E-state index contributed by atoms with van der Waals surface area (Å²) in [5.74, 6) is 1.03. The molecule has 1 aromatic heterocycles. The Morgan fingerprint density at radius 1 is 1.29 bits per heavy atom. The number of carboxylic acid groups (broad SMARTS) is 1. The van der Waals surface area contributed by atoms with Crippen molar-refractivity contribution in [3.63, 3.8) is 0 Å². The second-order valence-corrected chi connectivity index (χ2v) is 4.98. The van der Waals surface area contributed by atoms with E-state index in [1.54, 1.807) is 32.4 Å². The highest BCUT2D eigenvalue weighted by atomic mass is 32.2. The molecule has 21 heavy (non-hydrogen) atoms. The summed E-state index contributed by atoms with van der Waals surface area (Å²) in [5, 5.41) is 16.7. The molecule has 0 spiro atoms. The molecule has 0 aliphatic carbocycles. The topological polar surface area (TPSA) is 94.7 Å². The van der Waals surface area contributed by atoms with E-state index in [0.717, 1.165) is 0 Å². The van der Waals surface area contributed by atoms with Crippen molar-refractivity contribution in [2.45, 2.75) is 11.6 Å². The van der Waals surface area contributed by atoms with Gasteiger partial charge in [0.2, 0.25) is 5.89 Å². The lowest BCUT2D eigenvalue weighted by Gasteiger charge is -2.07. The molecule has 0 fully saturated rings. The molecule has 0 radical (unpaired) electrons. The molecule has 8 heteroatoms. The Hall–Kier alpha value is -2.22. The standard InChI is InChI=1S/C13H14N2O5S/c1-18-9-4-3-8(7-10(9)19-2)12-14-15-13(20-12)21-6-5-11(16)17/h3-4,7H,5-6H2,1-2H3,(H,16,17). The van der Waals surface area contributed by atoms with Gasteiger partial charge < -0.3 is 19.0 Å². The third-order valence-electron chi connectivity index (χ3n) is 2.58. The van der Waals surface area contributed by atoms with Gasteiger partial charge in [-0.1, -0.05) is 11.8 Å². The molecule has 1 N–H and O–H groups in total. The fraction of sp³-hybridized carbons (Fsp3) is 0.308. The zero-order chi connectivity index (χ0) is 15.2. The second-order valence-electron chi connectivity index (χ2n) is 3.94. The Morgan fingerprint density at radius 3 is 2.71 bits per heavy atom. The zero-order valence-electron chi connectivity index (χ0n) is 11.5. The molecule has 2 aromatic rings. The number of hydrogen-bond acceptors (Lipinski definition) is 7. The van der Waals surface area contributed by atoms with Crippen molar-refractivity contribution in [1.82, 2.24) is 10.2 Å². The molecule has 0 saturated carbocycles. The number of nitrogens with zero attached hydrogens (tertiary/aromatic N) is 2. The summed E-state index contributed by atoms with van der Waals surface area (Å²) in [5.41, 5.74) is 0.699. The summed E-state index contributed by atoms with van der Waals surface area (Å²) in [6, 6.07) is 5.26. The third-order valence-corrected chi connectivity index (χ3v) is 3.40. The van der Waals surface area contributed by atoms with Gasteiger partial charge in [0.15, 0.2) is 11.5 Å². The molecule has 0 unspecified atom stereocenters. The highest BCUT2D eigenvalue weighted by Crippen LogP contribution is 2.32. The van der Waals surface area contributed by atoms with Gasteiger partial charge in [-0.15, -0.1) is 10.2 Å². The van der Waals surface area contributed by atoms with Gasteiger partial charge in [0.25, 0.3) is 5.22 Å². The van der Waals surface area contributed by atoms with Crippen LogP contribution in [-0.4, -0.2) is 41.2 Å². The lowest BCUT2D eigenvalue weighted by Crippen LogP contribution is -1.95. The Morgan fingerprint density at radius 2 is 2.05 bits per heavy atom. The normalized spacial score (nSPS) is 10.4. The van der Waals surface area contributed by atoms with Crippen LogP contribution in [0.1, 0.15) is 6.42 Å². The molecule has 1 heterocycles. The number of hydrogen-bond donors (Lipinski definition) is 1. The van der Waals surface area contributed by atoms with Crippen LogP contribution < -0.4 is 9.47 Å². The van der Waals surface area contributed by atoms with E-state index in [9.17, 15) is 4.79 Å². The molecular weight excluding hydrogens is 296 g/mol. The van der Waals surface area contributed by atoms with Crippen molar-refractivity contribution >= 4 is 17.7 Å². The molecule has 0 atom stereocenters. The first-order valence-electron chi connectivity index (χ1n) is 6.04. The molecule has 0 amide bonds. The summed E-state index contributed by atoms with van der Waals surface area (Å²) >= 11 is 1.20. The van der Waals surface area contributed by atoms with Gasteiger partial charge in [0.05, 0.1) is 20.6 Å². The maximum atomic E-state index is 10.4. The van der Waals surface area contributed by atoms with Gasteiger partial charge in [-0.2, -0.15) is 0 Å². The highest BCUT2D eigenvalue weighted by molar-refractivity contribution is 7.99. The van der Waals surface area contributed by atoms with E-state index in [0.29, 0.717) is 33.9 Å². The van der Waals surface area contributed by atoms with Crippen LogP contribution in [0.25, 0.3) is 11.5 Å². The van der Waals surface area contributed by atoms with E-state index in [4.69, 9.17) is 19.0 Å². The number of aliphatic carboxylic acids is 1. The number of ether oxygens (including phenoxy) is 2. The lowest BCUT2D eigenvalue weighted by molar-refractivity contribution is -0.136. The summed E-state index contributed by atoms with van der Waals surface area (Å²) in [6.07, 6.45) is 0.0404. The van der Waals surface area contributed by atoms with Crippen LogP contribution in [0, 0.1) is 0 Å². The zero-order valence-corrected chi connectivity index (χ0v) is 12.3. The van der Waals surface area contributed by atoms with Crippen molar-refractivity contribution in [3.8, 4) is 23.0 Å². The van der Waals surface area contributed by atoms with Crippen molar-refractivity contribution in [3.05, 3.63) is 18.2 Å². The average molecular weight is 310 g/mol. The Labute approximate surface area is 125 Å². The van der Waals surface area contributed by atoms with Gasteiger partial charge >= 0.3 is 5.97 Å². The minimum absolute atomic E-state index is 0.0404. The molecular formula is C13H14N2O5S. The fourth-order valence-electron chi connectivity index (χ4n) is 1.58. The fourth-order valence-corrected chi connectivity index (χ4v) is 2.27. The second kappa shape index (κ2) is 6.98. The first-order valence-corrected chi connectivity index (χ1v) is 7.03. The summed E-state index contributed by atoms with van der Waals surface area (Å²) in [7, 11) is 3.10. The number of thioether (sulfide) groups is 1. The van der Waals surface area contributed by atoms with Crippen molar-refractivity contribution in [1.29, 1.82) is 0 Å². The molecule has 0 saturated heterocycles. The molecule has 7 nitrogen and oxygen atoms in total. The Kier molecular flexibility index (Phi) is 5.04. The van der Waals surface area contributed by atoms with E-state index in [2.05, 4.69) is 10.2 Å². The number of carboxylic acids is 1. The average Bonchev–Trinajstić information content (AvgIpc) is 2.95. The van der Waals surface area contributed by atoms with Crippen molar-refractivity contribution in [2.75, 3.05) is 20.0 Å². The number of aromatic nitrogens is 2. The SMILES string of the molecule is COc1ccc(-c2nnc(SCCC(=O)O)o2)cc1OC. The smallest absolute Gasteiger partial charge is 0.304 e. The van der Waals surface area contributed by atoms with Gasteiger partial charge in [-0.05, 0) is 18.2 Å². The number of rotatable bonds is 7. The van der Waals surface area contributed by atoms with Crippen molar-refractivity contribution in [2.24, 2.45) is 0 Å². The molecule has 1 aromatic carbocycles. The van der Waals surface area contributed by atoms with E-state index in [-0.39, 0.29) is 6.42 Å². The van der Waals surface area contributed by atoms with Gasteiger partial charge in [-0.3, -0.25) is 4.79 Å². The maximum Gasteiger partial charge on any atom is 0.304 e. The molecule has 2 rings (SSSR count). The maximum absolute atomic E-state index is 10.4. The lowest BCUT2D eigenvalue weighted by atomic mass is 10.2. The summed E-state index contributed by atoms with van der Waals surface area (Å²) in [4.78, 5) is 10.4. The molecule has 0 aliphatic rings. The molecule has 0 aliphatic heterocycles. The Balaban J connectivity index is 2.12. The molecule has 112 valence electrons. The summed E-state index contributed by atoms with van der Waals surface area (Å²) < 4.78 is 15.8. The van der Waals surface area contributed by atoms with Crippen LogP contribution in [0.15, 0.2) is 27.8 Å². The van der Waals surface area contributed by atoms with E-state index in [1.165, 1.54) is 11.8 Å². The minimum Gasteiger partial charge on any atom is -0.493 e. The van der Waals surface area contributed by atoms with Gasteiger partial charge in [-0.25, -0.2) is 0 Å². The van der Waals surface area contributed by atoms with E-state index >= 15 is 0 Å². The van der Waals surface area contributed by atoms with Crippen LogP contribution in [0.4, 0.5) is 0 Å². The van der Waals surface area contributed by atoms with Gasteiger partial charge in [0, 0.05) is 11.3 Å². The highest BCUT2D eigenvalue weighted by Gasteiger charge is 2.12. The van der Waals surface area contributed by atoms with E-state index in [1.807, 2.05) is 0 Å². The van der Waals surface area contributed by atoms with Crippen LogP contribution in [0.5, 0.6) is 11.5 Å². The largest absolute Gasteiger partial charge is 0.493 e. The first kappa shape index (κ1) is 15.2. The quantitative estimate of drug-likeness (QED) is 0.779.